The van der Waals surface area contributed by atoms with Crippen molar-refractivity contribution in [3.05, 3.63) is 147 Å². The Hall–Kier alpha value is -5.22. The van der Waals surface area contributed by atoms with Gasteiger partial charge in [-0.1, -0.05) is 160 Å². The molecule has 7 aliphatic rings. The van der Waals surface area contributed by atoms with Crippen LogP contribution in [0.5, 0.6) is 0 Å². The minimum absolute atomic E-state index is 0.0244. The number of hydrogen-bond donors (Lipinski definition) is 0. The van der Waals surface area contributed by atoms with E-state index in [4.69, 9.17) is 0 Å². The van der Waals surface area contributed by atoms with Gasteiger partial charge in [0.05, 0.1) is 5.54 Å². The fourth-order valence-corrected chi connectivity index (χ4v) is 17.1. The first-order chi connectivity index (χ1) is 36.3. The molecule has 3 heterocycles. The van der Waals surface area contributed by atoms with E-state index in [2.05, 4.69) is 237 Å². The average Bonchev–Trinajstić information content (AvgIpc) is 2.58. The first-order valence-electron chi connectivity index (χ1n) is 30.6. The van der Waals surface area contributed by atoms with Crippen molar-refractivity contribution in [3.8, 4) is 0 Å². The highest BCUT2D eigenvalue weighted by molar-refractivity contribution is 7.00. The van der Waals surface area contributed by atoms with Crippen LogP contribution in [0.3, 0.4) is 0 Å². The second kappa shape index (κ2) is 16.2. The van der Waals surface area contributed by atoms with Crippen LogP contribution in [0.2, 0.25) is 0 Å². The van der Waals surface area contributed by atoms with Gasteiger partial charge in [-0.25, -0.2) is 0 Å². The van der Waals surface area contributed by atoms with Gasteiger partial charge in [0.2, 0.25) is 0 Å². The van der Waals surface area contributed by atoms with E-state index < -0.39 is 0 Å². The molecule has 2 unspecified atom stereocenters. The first kappa shape index (κ1) is 52.2. The molecule has 0 spiro atoms. The number of benzene rings is 6. The lowest BCUT2D eigenvalue weighted by Crippen LogP contribution is -2.62. The summed E-state index contributed by atoms with van der Waals surface area (Å²) in [5.41, 5.74) is 30.2. The van der Waals surface area contributed by atoms with Crippen LogP contribution in [0, 0.1) is 13.8 Å². The van der Waals surface area contributed by atoms with Crippen LogP contribution in [0.1, 0.15) is 238 Å². The molecule has 406 valence electrons. The van der Waals surface area contributed by atoms with E-state index in [1.54, 1.807) is 5.56 Å². The SMILES string of the molecule is Cc1cc2c3c(c1)N(c1cc4c(cc1C)C(C)(C)CCC4(C)C)c1cc(N4c5ccc(C(C)(C)C)cc5C5(C)CCCCC45C)ccc1B3c1cc3c(cc1N2c1ccc2c(c1)C(C)(C)CCC2(C)C)C(C)(C)CCC3(C)C. The fraction of sp³-hybridized carbons (Fsp3) is 0.514. The molecule has 2 atom stereocenters. The van der Waals surface area contributed by atoms with Gasteiger partial charge in [-0.05, 0) is 237 Å². The molecule has 3 nitrogen and oxygen atoms in total. The highest BCUT2D eigenvalue weighted by atomic mass is 15.3. The van der Waals surface area contributed by atoms with Crippen LogP contribution in [0.25, 0.3) is 0 Å². The van der Waals surface area contributed by atoms with Crippen molar-refractivity contribution in [2.45, 2.75) is 245 Å². The molecule has 0 saturated heterocycles. The summed E-state index contributed by atoms with van der Waals surface area (Å²) >= 11 is 0. The molecule has 4 heteroatoms. The monoisotopic (exact) mass is 1030 g/mol. The van der Waals surface area contributed by atoms with Gasteiger partial charge < -0.3 is 14.7 Å². The molecule has 13 rings (SSSR count). The number of fused-ring (bicyclic) bond motifs is 10. The average molecular weight is 1030 g/mol. The summed E-state index contributed by atoms with van der Waals surface area (Å²) in [5, 5.41) is 0. The molecule has 1 saturated carbocycles. The summed E-state index contributed by atoms with van der Waals surface area (Å²) in [7, 11) is 0. The van der Waals surface area contributed by atoms with Crippen molar-refractivity contribution < 1.29 is 0 Å². The number of anilines is 8. The van der Waals surface area contributed by atoms with E-state index in [9.17, 15) is 0 Å². The van der Waals surface area contributed by atoms with Gasteiger partial charge in [-0.3, -0.25) is 0 Å². The molecular formula is C74H92BN3. The lowest BCUT2D eigenvalue weighted by molar-refractivity contribution is 0.195. The van der Waals surface area contributed by atoms with Crippen LogP contribution in [-0.2, 0) is 43.3 Å². The molecule has 6 aromatic rings. The molecule has 0 radical (unpaired) electrons. The maximum Gasteiger partial charge on any atom is 0.252 e. The van der Waals surface area contributed by atoms with E-state index in [0.717, 1.165) is 0 Å². The van der Waals surface area contributed by atoms with Crippen molar-refractivity contribution in [1.29, 1.82) is 0 Å². The number of aryl methyl sites for hydroxylation is 2. The largest absolute Gasteiger partial charge is 0.334 e. The number of rotatable bonds is 3. The van der Waals surface area contributed by atoms with Gasteiger partial charge in [0, 0.05) is 50.9 Å². The third-order valence-electron chi connectivity index (χ3n) is 22.9. The molecule has 0 bridgehead atoms. The molecule has 78 heavy (non-hydrogen) atoms. The van der Waals surface area contributed by atoms with E-state index in [0.29, 0.717) is 0 Å². The van der Waals surface area contributed by atoms with Gasteiger partial charge in [0.25, 0.3) is 6.71 Å². The van der Waals surface area contributed by atoms with Crippen LogP contribution < -0.4 is 31.1 Å². The Morgan fingerprint density at radius 1 is 0.385 bits per heavy atom. The third-order valence-corrected chi connectivity index (χ3v) is 22.9. The lowest BCUT2D eigenvalue weighted by Gasteiger charge is -2.51. The van der Waals surface area contributed by atoms with E-state index >= 15 is 0 Å². The predicted molar refractivity (Wildman–Crippen MR) is 337 cm³/mol. The summed E-state index contributed by atoms with van der Waals surface area (Å²) in [6.45, 7) is 47.1. The summed E-state index contributed by atoms with van der Waals surface area (Å²) < 4.78 is 0. The quantitative estimate of drug-likeness (QED) is 0.163. The fourth-order valence-electron chi connectivity index (χ4n) is 17.1. The van der Waals surface area contributed by atoms with Crippen molar-refractivity contribution in [2.75, 3.05) is 14.7 Å². The summed E-state index contributed by atoms with van der Waals surface area (Å²) in [6, 6.07) is 38.9. The second-order valence-corrected chi connectivity index (χ2v) is 31.9. The molecule has 0 amide bonds. The minimum Gasteiger partial charge on any atom is -0.334 e. The zero-order chi connectivity index (χ0) is 55.6. The highest BCUT2D eigenvalue weighted by Crippen LogP contribution is 2.62. The molecular weight excluding hydrogens is 942 g/mol. The van der Waals surface area contributed by atoms with Gasteiger partial charge in [-0.15, -0.1) is 0 Å². The minimum atomic E-state index is -0.0785. The maximum atomic E-state index is 2.84. The molecule has 3 aliphatic heterocycles. The third kappa shape index (κ3) is 7.20. The zero-order valence-electron chi connectivity index (χ0n) is 51.7. The summed E-state index contributed by atoms with van der Waals surface area (Å²) in [4.78, 5) is 8.36. The van der Waals surface area contributed by atoms with Gasteiger partial charge in [0.1, 0.15) is 0 Å². The zero-order valence-corrected chi connectivity index (χ0v) is 51.7. The van der Waals surface area contributed by atoms with Crippen molar-refractivity contribution in [3.63, 3.8) is 0 Å². The molecule has 1 fully saturated rings. The van der Waals surface area contributed by atoms with Gasteiger partial charge in [-0.2, -0.15) is 0 Å². The Morgan fingerprint density at radius 3 is 1.49 bits per heavy atom. The number of nitrogens with zero attached hydrogens (tertiary/aromatic N) is 3. The van der Waals surface area contributed by atoms with Crippen LogP contribution in [0.4, 0.5) is 45.5 Å². The predicted octanol–water partition coefficient (Wildman–Crippen LogP) is 18.5. The van der Waals surface area contributed by atoms with Crippen molar-refractivity contribution >= 4 is 68.6 Å². The molecule has 4 aliphatic carbocycles. The smallest absolute Gasteiger partial charge is 0.252 e. The van der Waals surface area contributed by atoms with E-state index in [1.807, 2.05) is 0 Å². The van der Waals surface area contributed by atoms with Crippen LogP contribution >= 0.6 is 0 Å². The molecule has 0 aromatic heterocycles. The van der Waals surface area contributed by atoms with Crippen LogP contribution in [-0.4, -0.2) is 12.3 Å². The van der Waals surface area contributed by atoms with Crippen LogP contribution in [0.15, 0.2) is 91.0 Å². The highest BCUT2D eigenvalue weighted by Gasteiger charge is 2.58. The van der Waals surface area contributed by atoms with Crippen molar-refractivity contribution in [2.24, 2.45) is 0 Å². The Morgan fingerprint density at radius 2 is 0.885 bits per heavy atom. The van der Waals surface area contributed by atoms with Crippen molar-refractivity contribution in [1.82, 2.24) is 0 Å². The Bertz CT molecular complexity index is 3550. The summed E-state index contributed by atoms with van der Waals surface area (Å²) in [5.74, 6) is 0. The summed E-state index contributed by atoms with van der Waals surface area (Å²) in [6.07, 6.45) is 12.0. The Balaban J connectivity index is 1.13. The maximum absolute atomic E-state index is 2.84. The standard InChI is InChI=1S/C74H92BN3/c1-45-36-63-65-64(37-45)77(60-43-54-51(38-46(60)2)68(8,9)32-34-71(54,14)15)61-41-49(78-59-27-22-47(66(3,4)5)39-56(59)73(18)28-20-21-29-74(73,78)19)24-26-57(61)75(65)58-42-53-55(72(16,17)35-33-70(53,12)13)44-62(58)76(63)48-23-25-50-52(40-48)69(10,11)31-30-67(50,6)7/h22-27,36-44H,20-21,28-35H2,1-19H3. The molecule has 0 N–H and O–H groups in total. The Labute approximate surface area is 472 Å². The Kier molecular flexibility index (Phi) is 10.9. The van der Waals surface area contributed by atoms with Gasteiger partial charge in [0.15, 0.2) is 0 Å². The number of hydrogen-bond acceptors (Lipinski definition) is 3. The first-order valence-corrected chi connectivity index (χ1v) is 30.6. The normalized spacial score (nSPS) is 25.0. The van der Waals surface area contributed by atoms with Gasteiger partial charge >= 0.3 is 0 Å². The second-order valence-electron chi connectivity index (χ2n) is 31.9. The lowest BCUT2D eigenvalue weighted by atomic mass is 9.33. The topological polar surface area (TPSA) is 9.72 Å². The van der Waals surface area contributed by atoms with E-state index in [-0.39, 0.29) is 55.6 Å². The van der Waals surface area contributed by atoms with E-state index in [1.165, 1.54) is 176 Å². The molecule has 6 aromatic carbocycles.